The van der Waals surface area contributed by atoms with Gasteiger partial charge in [-0.3, -0.25) is 10.2 Å². The summed E-state index contributed by atoms with van der Waals surface area (Å²) in [6, 6.07) is 18.4. The largest absolute Gasteiger partial charge is 0.286 e. The second-order valence-corrected chi connectivity index (χ2v) is 5.44. The molecule has 3 nitrogen and oxygen atoms in total. The minimum absolute atomic E-state index is 0.0620. The van der Waals surface area contributed by atoms with Crippen LogP contribution in [0, 0.1) is 0 Å². The van der Waals surface area contributed by atoms with Crippen LogP contribution < -0.4 is 5.43 Å². The van der Waals surface area contributed by atoms with E-state index in [9.17, 15) is 4.79 Å². The third-order valence-electron chi connectivity index (χ3n) is 3.19. The topological polar surface area (TPSA) is 32.3 Å². The van der Waals surface area contributed by atoms with Crippen molar-refractivity contribution in [2.24, 2.45) is 0 Å². The van der Waals surface area contributed by atoms with Crippen LogP contribution in [-0.4, -0.2) is 17.5 Å². The minimum Gasteiger partial charge on any atom is -0.286 e. The van der Waals surface area contributed by atoms with Crippen LogP contribution in [-0.2, 0) is 4.79 Å². The van der Waals surface area contributed by atoms with Crippen molar-refractivity contribution in [3.05, 3.63) is 70.2 Å². The van der Waals surface area contributed by atoms with Gasteiger partial charge in [0.2, 0.25) is 5.91 Å². The number of benzene rings is 2. The van der Waals surface area contributed by atoms with Gasteiger partial charge < -0.3 is 0 Å². The smallest absolute Gasteiger partial charge is 0.250 e. The lowest BCUT2D eigenvalue weighted by molar-refractivity contribution is -0.141. The highest BCUT2D eigenvalue weighted by atomic mass is 79.9. The summed E-state index contributed by atoms with van der Waals surface area (Å²) >= 11 is 3.45. The fraction of sp³-hybridized carbons (Fsp3) is 0.133. The van der Waals surface area contributed by atoms with Gasteiger partial charge >= 0.3 is 0 Å². The summed E-state index contributed by atoms with van der Waals surface area (Å²) in [6.07, 6.45) is 0. The van der Waals surface area contributed by atoms with E-state index in [1.165, 1.54) is 5.56 Å². The number of nitrogens with zero attached hydrogens (tertiary/aromatic N) is 1. The molecule has 1 fully saturated rings. The first-order chi connectivity index (χ1) is 9.24. The number of nitrogens with one attached hydrogen (secondary N) is 1. The van der Waals surface area contributed by atoms with Crippen molar-refractivity contribution in [2.75, 3.05) is 6.54 Å². The summed E-state index contributed by atoms with van der Waals surface area (Å²) in [6.45, 7) is 0.440. The molecule has 19 heavy (non-hydrogen) atoms. The number of carbonyl (C=O) groups excluding carboxylic acids is 1. The molecule has 2 aromatic rings. The van der Waals surface area contributed by atoms with Crippen LogP contribution in [0.15, 0.2) is 59.1 Å². The van der Waals surface area contributed by atoms with Crippen molar-refractivity contribution < 1.29 is 4.79 Å². The standard InChI is InChI=1S/C15H13BrN2O/c16-13-8-6-12(7-9-13)15(18-10-14(19)17-18)11-4-2-1-3-5-11/h1-9,15H,10H2,(H,17,19). The molecule has 0 spiro atoms. The second-order valence-electron chi connectivity index (χ2n) is 4.53. The Morgan fingerprint density at radius 2 is 1.58 bits per heavy atom. The van der Waals surface area contributed by atoms with Gasteiger partial charge in [-0.15, -0.1) is 0 Å². The first-order valence-electron chi connectivity index (χ1n) is 6.10. The molecule has 0 aromatic heterocycles. The molecule has 1 heterocycles. The van der Waals surface area contributed by atoms with Crippen LogP contribution in [0.25, 0.3) is 0 Å². The first-order valence-corrected chi connectivity index (χ1v) is 6.90. The van der Waals surface area contributed by atoms with Gasteiger partial charge in [0.05, 0.1) is 12.6 Å². The Labute approximate surface area is 120 Å². The number of rotatable bonds is 3. The zero-order chi connectivity index (χ0) is 13.2. The van der Waals surface area contributed by atoms with Gasteiger partial charge in [0.15, 0.2) is 0 Å². The lowest BCUT2D eigenvalue weighted by atomic mass is 9.97. The summed E-state index contributed by atoms with van der Waals surface area (Å²) < 4.78 is 1.05. The van der Waals surface area contributed by atoms with Gasteiger partial charge in [-0.05, 0) is 23.3 Å². The molecule has 3 rings (SSSR count). The number of hydrogen-bond acceptors (Lipinski definition) is 2. The Morgan fingerprint density at radius 3 is 2.16 bits per heavy atom. The quantitative estimate of drug-likeness (QED) is 0.944. The molecule has 96 valence electrons. The molecule has 1 unspecified atom stereocenters. The molecule has 0 bridgehead atoms. The van der Waals surface area contributed by atoms with Crippen LogP contribution in [0.5, 0.6) is 0 Å². The molecular weight excluding hydrogens is 304 g/mol. The number of halogens is 1. The predicted molar refractivity (Wildman–Crippen MR) is 77.3 cm³/mol. The van der Waals surface area contributed by atoms with E-state index in [0.29, 0.717) is 6.54 Å². The van der Waals surface area contributed by atoms with Gasteiger partial charge in [-0.1, -0.05) is 58.4 Å². The number of hydrogen-bond donors (Lipinski definition) is 1. The van der Waals surface area contributed by atoms with Gasteiger partial charge in [-0.25, -0.2) is 0 Å². The van der Waals surface area contributed by atoms with E-state index in [1.807, 2.05) is 35.3 Å². The highest BCUT2D eigenvalue weighted by Gasteiger charge is 2.31. The zero-order valence-electron chi connectivity index (χ0n) is 10.2. The molecule has 2 aromatic carbocycles. The van der Waals surface area contributed by atoms with Crippen molar-refractivity contribution >= 4 is 21.8 Å². The summed E-state index contributed by atoms with van der Waals surface area (Å²) in [5.41, 5.74) is 5.17. The average Bonchev–Trinajstić information content (AvgIpc) is 2.40. The van der Waals surface area contributed by atoms with Crippen LogP contribution >= 0.6 is 15.9 Å². The predicted octanol–water partition coefficient (Wildman–Crippen LogP) is 2.89. The van der Waals surface area contributed by atoms with Crippen LogP contribution in [0.2, 0.25) is 0 Å². The molecule has 0 saturated carbocycles. The summed E-state index contributed by atoms with van der Waals surface area (Å²) in [5, 5.41) is 1.96. The van der Waals surface area contributed by atoms with Gasteiger partial charge in [0, 0.05) is 4.47 Å². The Hall–Kier alpha value is -1.65. The molecule has 1 amide bonds. The van der Waals surface area contributed by atoms with Crippen molar-refractivity contribution in [1.29, 1.82) is 0 Å². The van der Waals surface area contributed by atoms with Crippen molar-refractivity contribution in [3.8, 4) is 0 Å². The first kappa shape index (κ1) is 12.4. The Bertz CT molecular complexity index is 575. The van der Waals surface area contributed by atoms with E-state index in [2.05, 4.69) is 45.6 Å². The fourth-order valence-electron chi connectivity index (χ4n) is 2.29. The third-order valence-corrected chi connectivity index (χ3v) is 3.72. The number of carbonyl (C=O) groups is 1. The lowest BCUT2D eigenvalue weighted by Crippen LogP contribution is -2.59. The van der Waals surface area contributed by atoms with Gasteiger partial charge in [0.1, 0.15) is 0 Å². The molecule has 1 saturated heterocycles. The molecular formula is C15H13BrN2O. The summed E-state index contributed by atoms with van der Waals surface area (Å²) in [4.78, 5) is 11.2. The maximum absolute atomic E-state index is 11.2. The highest BCUT2D eigenvalue weighted by Crippen LogP contribution is 2.30. The minimum atomic E-state index is 0.0620. The number of amides is 1. The maximum Gasteiger partial charge on any atom is 0.250 e. The molecule has 1 aliphatic rings. The Kier molecular flexibility index (Phi) is 3.36. The molecule has 0 radical (unpaired) electrons. The van der Waals surface area contributed by atoms with Crippen LogP contribution in [0.3, 0.4) is 0 Å². The summed E-state index contributed by atoms with van der Waals surface area (Å²) in [7, 11) is 0. The van der Waals surface area contributed by atoms with Gasteiger partial charge in [-0.2, -0.15) is 5.01 Å². The SMILES string of the molecule is O=C1CN(C(c2ccccc2)c2ccc(Br)cc2)N1. The van der Waals surface area contributed by atoms with E-state index in [1.54, 1.807) is 0 Å². The maximum atomic E-state index is 11.2. The van der Waals surface area contributed by atoms with Gasteiger partial charge in [0.25, 0.3) is 0 Å². The normalized spacial score (nSPS) is 16.6. The van der Waals surface area contributed by atoms with Crippen LogP contribution in [0.4, 0.5) is 0 Å². The van der Waals surface area contributed by atoms with E-state index < -0.39 is 0 Å². The van der Waals surface area contributed by atoms with E-state index in [-0.39, 0.29) is 11.9 Å². The number of hydrazine groups is 1. The molecule has 1 atom stereocenters. The molecule has 0 aliphatic carbocycles. The van der Waals surface area contributed by atoms with Crippen LogP contribution in [0.1, 0.15) is 17.2 Å². The van der Waals surface area contributed by atoms with Crippen molar-refractivity contribution in [3.63, 3.8) is 0 Å². The second kappa shape index (κ2) is 5.15. The average molecular weight is 317 g/mol. The molecule has 4 heteroatoms. The zero-order valence-corrected chi connectivity index (χ0v) is 11.8. The van der Waals surface area contributed by atoms with E-state index in [4.69, 9.17) is 0 Å². The fourth-order valence-corrected chi connectivity index (χ4v) is 2.55. The van der Waals surface area contributed by atoms with Crippen molar-refractivity contribution in [2.45, 2.75) is 6.04 Å². The summed E-state index contributed by atoms with van der Waals surface area (Å²) in [5.74, 6) is 0.0676. The van der Waals surface area contributed by atoms with E-state index >= 15 is 0 Å². The lowest BCUT2D eigenvalue weighted by Gasteiger charge is -2.38. The highest BCUT2D eigenvalue weighted by molar-refractivity contribution is 9.10. The molecule has 1 N–H and O–H groups in total. The third kappa shape index (κ3) is 2.55. The Balaban J connectivity index is 1.97. The Morgan fingerprint density at radius 1 is 1.00 bits per heavy atom. The monoisotopic (exact) mass is 316 g/mol. The van der Waals surface area contributed by atoms with E-state index in [0.717, 1.165) is 10.0 Å². The van der Waals surface area contributed by atoms with Crippen molar-refractivity contribution in [1.82, 2.24) is 10.4 Å². The molecule has 1 aliphatic heterocycles.